The van der Waals surface area contributed by atoms with Crippen LogP contribution >= 0.6 is 0 Å². The number of carbonyl (C=O) groups excluding carboxylic acids is 2. The van der Waals surface area contributed by atoms with Crippen LogP contribution in [0.15, 0.2) is 84.9 Å². The number of rotatable bonds is 6. The minimum atomic E-state index is -4.97. The van der Waals surface area contributed by atoms with Crippen LogP contribution in [0.3, 0.4) is 0 Å². The molecule has 0 aliphatic rings. The third-order valence-corrected chi connectivity index (χ3v) is 4.50. The molecular formula is C23H19F3N2O2. The first kappa shape index (κ1) is 21.1. The van der Waals surface area contributed by atoms with Crippen LogP contribution in [0.2, 0.25) is 0 Å². The number of para-hydroxylation sites is 1. The number of hydrogen-bond acceptors (Lipinski definition) is 2. The molecule has 0 heterocycles. The zero-order valence-electron chi connectivity index (χ0n) is 15.8. The van der Waals surface area contributed by atoms with Gasteiger partial charge in [0.2, 0.25) is 5.91 Å². The van der Waals surface area contributed by atoms with Crippen LogP contribution in [0.1, 0.15) is 22.6 Å². The molecule has 0 bridgehead atoms. The number of carbonyl (C=O) groups is 2. The Kier molecular flexibility index (Phi) is 6.51. The van der Waals surface area contributed by atoms with Crippen molar-refractivity contribution in [2.45, 2.75) is 18.6 Å². The molecule has 2 N–H and O–H groups in total. The summed E-state index contributed by atoms with van der Waals surface area (Å²) in [5.74, 6) is -2.97. The van der Waals surface area contributed by atoms with E-state index < -0.39 is 18.0 Å². The molecule has 0 aliphatic carbocycles. The Hall–Kier alpha value is -3.61. The van der Waals surface area contributed by atoms with E-state index in [2.05, 4.69) is 5.32 Å². The van der Waals surface area contributed by atoms with Gasteiger partial charge in [-0.15, -0.1) is 0 Å². The Bertz CT molecular complexity index is 966. The number of nitrogens with one attached hydrogen (secondary N) is 2. The zero-order chi connectivity index (χ0) is 21.6. The quantitative estimate of drug-likeness (QED) is 0.620. The molecule has 3 rings (SSSR count). The maximum atomic E-state index is 13.2. The number of benzene rings is 3. The average Bonchev–Trinajstić information content (AvgIpc) is 2.74. The Balaban J connectivity index is 1.84. The molecule has 0 aromatic heterocycles. The van der Waals surface area contributed by atoms with E-state index in [1.54, 1.807) is 24.3 Å². The summed E-state index contributed by atoms with van der Waals surface area (Å²) < 4.78 is 37.4. The minimum Gasteiger partial charge on any atom is -0.344 e. The molecule has 4 nitrogen and oxygen atoms in total. The predicted octanol–water partition coefficient (Wildman–Crippen LogP) is 4.64. The zero-order valence-corrected chi connectivity index (χ0v) is 15.8. The summed E-state index contributed by atoms with van der Waals surface area (Å²) in [5, 5.41) is 4.63. The van der Waals surface area contributed by atoms with E-state index in [-0.39, 0.29) is 12.5 Å². The van der Waals surface area contributed by atoms with Crippen molar-refractivity contribution in [1.29, 1.82) is 0 Å². The first-order valence-corrected chi connectivity index (χ1v) is 9.20. The average molecular weight is 412 g/mol. The highest BCUT2D eigenvalue weighted by Crippen LogP contribution is 2.27. The van der Waals surface area contributed by atoms with Crippen molar-refractivity contribution in [1.82, 2.24) is 5.32 Å². The molecule has 154 valence electrons. The predicted molar refractivity (Wildman–Crippen MR) is 108 cm³/mol. The van der Waals surface area contributed by atoms with Crippen molar-refractivity contribution in [2.75, 3.05) is 5.32 Å². The summed E-state index contributed by atoms with van der Waals surface area (Å²) in [6.07, 6.45) is -4.97. The number of anilines is 1. The van der Waals surface area contributed by atoms with Gasteiger partial charge in [-0.25, -0.2) is 0 Å². The van der Waals surface area contributed by atoms with Gasteiger partial charge in [0, 0.05) is 12.2 Å². The van der Waals surface area contributed by atoms with E-state index in [4.69, 9.17) is 0 Å². The number of halogens is 3. The lowest BCUT2D eigenvalue weighted by Crippen LogP contribution is -2.36. The molecule has 0 atom stereocenters. The summed E-state index contributed by atoms with van der Waals surface area (Å²) in [6, 6.07) is 24.8. The molecule has 0 fully saturated rings. The molecule has 3 aromatic rings. The van der Waals surface area contributed by atoms with Crippen LogP contribution < -0.4 is 10.6 Å². The highest BCUT2D eigenvalue weighted by Gasteiger charge is 2.38. The van der Waals surface area contributed by atoms with Gasteiger partial charge >= 0.3 is 12.1 Å². The second-order valence-electron chi connectivity index (χ2n) is 6.58. The Morgan fingerprint density at radius 1 is 0.767 bits per heavy atom. The van der Waals surface area contributed by atoms with Gasteiger partial charge < -0.3 is 10.6 Å². The summed E-state index contributed by atoms with van der Waals surface area (Å²) in [7, 11) is 0. The SMILES string of the molecule is O=C(Nc1ccccc1CNC(=O)C(F)(F)F)C(c1ccccc1)c1ccccc1. The smallest absolute Gasteiger partial charge is 0.344 e. The van der Waals surface area contributed by atoms with Crippen molar-refractivity contribution in [3.8, 4) is 0 Å². The normalized spacial score (nSPS) is 11.2. The topological polar surface area (TPSA) is 58.2 Å². The van der Waals surface area contributed by atoms with Crippen molar-refractivity contribution in [3.05, 3.63) is 102 Å². The minimum absolute atomic E-state index is 0.331. The maximum absolute atomic E-state index is 13.2. The fraction of sp³-hybridized carbons (Fsp3) is 0.130. The molecule has 3 aromatic carbocycles. The Morgan fingerprint density at radius 3 is 1.80 bits per heavy atom. The van der Waals surface area contributed by atoms with Crippen LogP contribution in [0, 0.1) is 0 Å². The number of alkyl halides is 3. The van der Waals surface area contributed by atoms with E-state index in [0.29, 0.717) is 11.3 Å². The summed E-state index contributed by atoms with van der Waals surface area (Å²) in [4.78, 5) is 24.3. The van der Waals surface area contributed by atoms with E-state index >= 15 is 0 Å². The number of amides is 2. The van der Waals surface area contributed by atoms with Crippen LogP contribution in [-0.2, 0) is 16.1 Å². The standard InChI is InChI=1S/C23H19F3N2O2/c24-23(25,26)22(30)27-15-18-13-7-8-14-19(18)28-21(29)20(16-9-3-1-4-10-16)17-11-5-2-6-12-17/h1-14,20H,15H2,(H,27,30)(H,28,29). The van der Waals surface area contributed by atoms with E-state index in [1.165, 1.54) is 0 Å². The maximum Gasteiger partial charge on any atom is 0.471 e. The van der Waals surface area contributed by atoms with Gasteiger partial charge in [0.1, 0.15) is 0 Å². The first-order valence-electron chi connectivity index (χ1n) is 9.20. The largest absolute Gasteiger partial charge is 0.471 e. The second kappa shape index (κ2) is 9.26. The summed E-state index contributed by atoms with van der Waals surface area (Å²) >= 11 is 0. The van der Waals surface area contributed by atoms with Gasteiger partial charge in [0.15, 0.2) is 0 Å². The molecule has 0 spiro atoms. The monoisotopic (exact) mass is 412 g/mol. The van der Waals surface area contributed by atoms with Crippen LogP contribution in [0.5, 0.6) is 0 Å². The fourth-order valence-corrected chi connectivity index (χ4v) is 3.06. The highest BCUT2D eigenvalue weighted by molar-refractivity contribution is 5.98. The molecule has 0 unspecified atom stereocenters. The van der Waals surface area contributed by atoms with Gasteiger partial charge in [-0.1, -0.05) is 78.9 Å². The lowest BCUT2D eigenvalue weighted by molar-refractivity contribution is -0.173. The number of hydrogen-bond donors (Lipinski definition) is 2. The fourth-order valence-electron chi connectivity index (χ4n) is 3.06. The molecule has 2 amide bonds. The molecule has 0 radical (unpaired) electrons. The Labute approximate surface area is 171 Å². The Morgan fingerprint density at radius 2 is 1.27 bits per heavy atom. The molecular weight excluding hydrogens is 393 g/mol. The van der Waals surface area contributed by atoms with Gasteiger partial charge in [0.05, 0.1) is 5.92 Å². The molecule has 0 saturated carbocycles. The first-order chi connectivity index (χ1) is 14.4. The second-order valence-corrected chi connectivity index (χ2v) is 6.58. The lowest BCUT2D eigenvalue weighted by atomic mass is 9.90. The van der Waals surface area contributed by atoms with Crippen LogP contribution in [-0.4, -0.2) is 18.0 Å². The van der Waals surface area contributed by atoms with Gasteiger partial charge in [-0.2, -0.15) is 13.2 Å². The lowest BCUT2D eigenvalue weighted by Gasteiger charge is -2.19. The third kappa shape index (κ3) is 5.26. The summed E-state index contributed by atoms with van der Waals surface area (Å²) in [6.45, 7) is -0.365. The van der Waals surface area contributed by atoms with Crippen molar-refractivity contribution in [3.63, 3.8) is 0 Å². The van der Waals surface area contributed by atoms with E-state index in [1.807, 2.05) is 66.0 Å². The van der Waals surface area contributed by atoms with Gasteiger partial charge in [-0.3, -0.25) is 9.59 Å². The van der Waals surface area contributed by atoms with Crippen molar-refractivity contribution in [2.24, 2.45) is 0 Å². The molecule has 30 heavy (non-hydrogen) atoms. The molecule has 0 aliphatic heterocycles. The van der Waals surface area contributed by atoms with E-state index in [9.17, 15) is 22.8 Å². The summed E-state index contributed by atoms with van der Waals surface area (Å²) in [5.41, 5.74) is 2.26. The van der Waals surface area contributed by atoms with Gasteiger partial charge in [-0.05, 0) is 22.8 Å². The van der Waals surface area contributed by atoms with Gasteiger partial charge in [0.25, 0.3) is 0 Å². The van der Waals surface area contributed by atoms with Crippen molar-refractivity contribution >= 4 is 17.5 Å². The molecule has 7 heteroatoms. The van der Waals surface area contributed by atoms with Crippen LogP contribution in [0.4, 0.5) is 18.9 Å². The van der Waals surface area contributed by atoms with Crippen LogP contribution in [0.25, 0.3) is 0 Å². The third-order valence-electron chi connectivity index (χ3n) is 4.50. The van der Waals surface area contributed by atoms with E-state index in [0.717, 1.165) is 11.1 Å². The van der Waals surface area contributed by atoms with Crippen molar-refractivity contribution < 1.29 is 22.8 Å². The highest BCUT2D eigenvalue weighted by atomic mass is 19.4. The molecule has 0 saturated heterocycles.